The van der Waals surface area contributed by atoms with Crippen LogP contribution in [0.2, 0.25) is 10.0 Å². The molecule has 0 saturated carbocycles. The molecule has 1 fully saturated rings. The second-order valence-corrected chi connectivity index (χ2v) is 10.3. The highest BCUT2D eigenvalue weighted by molar-refractivity contribution is 6.42. The third-order valence-electron chi connectivity index (χ3n) is 6.89. The van der Waals surface area contributed by atoms with Crippen molar-refractivity contribution in [3.8, 4) is 5.75 Å². The Kier molecular flexibility index (Phi) is 7.60. The van der Waals surface area contributed by atoms with Crippen molar-refractivity contribution >= 4 is 52.7 Å². The number of hydrazine groups is 1. The van der Waals surface area contributed by atoms with Crippen LogP contribution in [0.5, 0.6) is 5.75 Å². The molecular weight excluding hydrogens is 559 g/mol. The Bertz CT molecular complexity index is 1530. The number of allylic oxidation sites excluding steroid dienone is 2. The van der Waals surface area contributed by atoms with Crippen LogP contribution in [0.1, 0.15) is 44.6 Å². The number of ether oxygens (including phenoxy) is 1. The summed E-state index contributed by atoms with van der Waals surface area (Å²) in [5.74, 6) is -4.43. The fraction of sp³-hybridized carbons (Fsp3) is 0.207. The molecule has 1 aromatic heterocycles. The highest BCUT2D eigenvalue weighted by atomic mass is 35.5. The van der Waals surface area contributed by atoms with Gasteiger partial charge in [-0.05, 0) is 66.9 Å². The summed E-state index contributed by atoms with van der Waals surface area (Å²) < 4.78 is 10.2. The van der Waals surface area contributed by atoms with E-state index in [9.17, 15) is 24.0 Å². The van der Waals surface area contributed by atoms with Crippen LogP contribution in [-0.2, 0) is 9.59 Å². The number of nitrogens with zero attached hydrogens (tertiary/aromatic N) is 2. The van der Waals surface area contributed by atoms with Crippen LogP contribution in [0.25, 0.3) is 0 Å². The van der Waals surface area contributed by atoms with Crippen LogP contribution in [0.4, 0.5) is 0 Å². The Balaban J connectivity index is 1.41. The largest absolute Gasteiger partial charge is 0.457 e. The number of halogens is 2. The van der Waals surface area contributed by atoms with Crippen molar-refractivity contribution in [3.05, 3.63) is 99.9 Å². The minimum absolute atomic E-state index is 0.0154. The zero-order valence-corrected chi connectivity index (χ0v) is 22.6. The van der Waals surface area contributed by atoms with Gasteiger partial charge in [0.05, 0.1) is 28.1 Å². The summed E-state index contributed by atoms with van der Waals surface area (Å²) in [5, 5.41) is 1.97. The van der Waals surface area contributed by atoms with Crippen LogP contribution in [-0.4, -0.2) is 46.0 Å². The van der Waals surface area contributed by atoms with E-state index < -0.39 is 47.9 Å². The van der Waals surface area contributed by atoms with Crippen molar-refractivity contribution < 1.29 is 33.1 Å². The second-order valence-electron chi connectivity index (χ2n) is 9.45. The summed E-state index contributed by atoms with van der Waals surface area (Å²) in [6.07, 6.45) is 5.41. The quantitative estimate of drug-likeness (QED) is 0.123. The van der Waals surface area contributed by atoms with Gasteiger partial charge in [-0.3, -0.25) is 19.2 Å². The van der Waals surface area contributed by atoms with E-state index in [2.05, 4.69) is 0 Å². The van der Waals surface area contributed by atoms with E-state index in [0.717, 1.165) is 10.0 Å². The molecule has 3 amide bonds. The van der Waals surface area contributed by atoms with E-state index in [0.29, 0.717) is 6.42 Å². The van der Waals surface area contributed by atoms with E-state index in [1.165, 1.54) is 54.8 Å². The highest BCUT2D eigenvalue weighted by Crippen LogP contribution is 2.39. The molecule has 0 radical (unpaired) electrons. The first kappa shape index (κ1) is 27.4. The molecule has 3 aromatic rings. The Morgan fingerprint density at radius 1 is 1.00 bits per heavy atom. The van der Waals surface area contributed by atoms with Gasteiger partial charge in [-0.15, -0.1) is 0 Å². The van der Waals surface area contributed by atoms with Crippen molar-refractivity contribution in [3.63, 3.8) is 0 Å². The lowest BCUT2D eigenvalue weighted by atomic mass is 9.78. The molecule has 1 aliphatic carbocycles. The number of furan rings is 1. The van der Waals surface area contributed by atoms with E-state index in [1.54, 1.807) is 6.07 Å². The van der Waals surface area contributed by atoms with Gasteiger partial charge in [-0.2, -0.15) is 5.01 Å². The third-order valence-corrected chi connectivity index (χ3v) is 7.63. The Labute approximate surface area is 238 Å². The summed E-state index contributed by atoms with van der Waals surface area (Å²) in [6, 6.07) is 12.8. The molecule has 0 spiro atoms. The molecule has 5 rings (SSSR count). The van der Waals surface area contributed by atoms with Gasteiger partial charge in [0.25, 0.3) is 17.7 Å². The number of carbonyl (C=O) groups excluding carboxylic acids is 5. The average Bonchev–Trinajstić information content (AvgIpc) is 3.57. The van der Waals surface area contributed by atoms with Gasteiger partial charge in [0.15, 0.2) is 5.78 Å². The number of carbonyl (C=O) groups is 5. The molecule has 1 saturated heterocycles. The summed E-state index contributed by atoms with van der Waals surface area (Å²) >= 11 is 12.1. The number of esters is 1. The van der Waals surface area contributed by atoms with Gasteiger partial charge in [-0.25, -0.2) is 9.80 Å². The van der Waals surface area contributed by atoms with E-state index in [-0.39, 0.29) is 38.6 Å². The smallest absolute Gasteiger partial charge is 0.379 e. The number of amides is 3. The maximum absolute atomic E-state index is 13.7. The first-order valence-corrected chi connectivity index (χ1v) is 13.1. The average molecular weight is 581 g/mol. The fourth-order valence-electron chi connectivity index (χ4n) is 4.87. The lowest BCUT2D eigenvalue weighted by molar-refractivity contribution is -0.154. The predicted octanol–water partition coefficient (Wildman–Crippen LogP) is 5.24. The fourth-order valence-corrected chi connectivity index (χ4v) is 5.17. The van der Waals surface area contributed by atoms with Crippen molar-refractivity contribution in [1.82, 2.24) is 10.0 Å². The highest BCUT2D eigenvalue weighted by Gasteiger charge is 2.53. The second kappa shape index (κ2) is 11.1. The van der Waals surface area contributed by atoms with Gasteiger partial charge in [0, 0.05) is 11.1 Å². The Morgan fingerprint density at radius 3 is 2.38 bits per heavy atom. The maximum atomic E-state index is 13.7. The van der Waals surface area contributed by atoms with E-state index in [4.69, 9.17) is 32.4 Å². The number of hydrogen-bond acceptors (Lipinski definition) is 7. The molecule has 40 heavy (non-hydrogen) atoms. The van der Waals surface area contributed by atoms with Crippen LogP contribution in [0, 0.1) is 17.8 Å². The predicted molar refractivity (Wildman–Crippen MR) is 144 cm³/mol. The molecule has 0 bridgehead atoms. The SMILES string of the molecule is C[C@@H]1C=CC[C@@H]2C(=O)N(N(CC(=O)c3ccc(OC(=O)c4ccco4)cc3)C(=O)c3ccc(Cl)c(Cl)c3)C(=O)[C@H]12. The molecule has 204 valence electrons. The third kappa shape index (κ3) is 5.17. The number of ketones is 1. The van der Waals surface area contributed by atoms with Gasteiger partial charge in [0.1, 0.15) is 12.3 Å². The zero-order valence-electron chi connectivity index (χ0n) is 21.1. The standard InChI is InChI=1S/C29H22Cl2N2O7/c1-16-4-2-5-20-25(16)28(37)33(27(20)36)32(26(35)18-9-12-21(30)22(31)14-18)15-23(34)17-7-10-19(11-8-17)40-29(38)24-6-3-13-39-24/h2-4,6-14,16,20,25H,5,15H2,1H3/t16-,20+,25-/m1/s1. The van der Waals surface area contributed by atoms with Gasteiger partial charge in [-0.1, -0.05) is 42.3 Å². The topological polar surface area (TPSA) is 114 Å². The zero-order chi connectivity index (χ0) is 28.6. The maximum Gasteiger partial charge on any atom is 0.379 e. The van der Waals surface area contributed by atoms with Crippen molar-refractivity contribution in [2.45, 2.75) is 13.3 Å². The van der Waals surface area contributed by atoms with Crippen LogP contribution in [0.3, 0.4) is 0 Å². The summed E-state index contributed by atoms with van der Waals surface area (Å²) in [6.45, 7) is 1.22. The number of benzene rings is 2. The van der Waals surface area contributed by atoms with Gasteiger partial charge in [0.2, 0.25) is 5.76 Å². The van der Waals surface area contributed by atoms with Crippen molar-refractivity contribution in [2.75, 3.05) is 6.54 Å². The number of rotatable bonds is 7. The summed E-state index contributed by atoms with van der Waals surface area (Å²) in [5.41, 5.74) is 0.209. The number of hydrogen-bond donors (Lipinski definition) is 0. The summed E-state index contributed by atoms with van der Waals surface area (Å²) in [7, 11) is 0. The first-order valence-electron chi connectivity index (χ1n) is 12.4. The monoisotopic (exact) mass is 580 g/mol. The number of fused-ring (bicyclic) bond motifs is 1. The number of imide groups is 1. The molecule has 2 heterocycles. The minimum Gasteiger partial charge on any atom is -0.457 e. The molecule has 11 heteroatoms. The van der Waals surface area contributed by atoms with Crippen LogP contribution >= 0.6 is 23.2 Å². The van der Waals surface area contributed by atoms with Crippen molar-refractivity contribution in [2.24, 2.45) is 17.8 Å². The first-order chi connectivity index (χ1) is 19.2. The Morgan fingerprint density at radius 2 is 1.73 bits per heavy atom. The van der Waals surface area contributed by atoms with Crippen LogP contribution in [0.15, 0.2) is 77.4 Å². The van der Waals surface area contributed by atoms with Gasteiger partial charge >= 0.3 is 5.97 Å². The molecular formula is C29H22Cl2N2O7. The summed E-state index contributed by atoms with van der Waals surface area (Å²) in [4.78, 5) is 66.0. The normalized spacial score (nSPS) is 19.9. The van der Waals surface area contributed by atoms with E-state index >= 15 is 0 Å². The van der Waals surface area contributed by atoms with Crippen LogP contribution < -0.4 is 4.74 Å². The molecule has 2 aliphatic rings. The molecule has 3 atom stereocenters. The van der Waals surface area contributed by atoms with E-state index in [1.807, 2.05) is 19.1 Å². The lowest BCUT2D eigenvalue weighted by Gasteiger charge is -2.30. The number of Topliss-reactive ketones (excluding diaryl/α,β-unsaturated/α-hetero) is 1. The Hall–Kier alpha value is -4.21. The van der Waals surface area contributed by atoms with Crippen molar-refractivity contribution in [1.29, 1.82) is 0 Å². The molecule has 0 N–H and O–H groups in total. The van der Waals surface area contributed by atoms with Gasteiger partial charge < -0.3 is 9.15 Å². The lowest BCUT2D eigenvalue weighted by Crippen LogP contribution is -2.52. The molecule has 2 aromatic carbocycles. The molecule has 0 unspecified atom stereocenters. The minimum atomic E-state index is -0.767. The molecule has 1 aliphatic heterocycles. The molecule has 9 nitrogen and oxygen atoms in total.